The summed E-state index contributed by atoms with van der Waals surface area (Å²) in [4.78, 5) is 12.1. The van der Waals surface area contributed by atoms with E-state index in [0.29, 0.717) is 21.7 Å². The lowest BCUT2D eigenvalue weighted by Gasteiger charge is -2.10. The fourth-order valence-corrected chi connectivity index (χ4v) is 3.37. The van der Waals surface area contributed by atoms with Crippen molar-refractivity contribution in [2.75, 3.05) is 17.2 Å². The Morgan fingerprint density at radius 2 is 2.18 bits per heavy atom. The molecule has 1 amide bonds. The minimum Gasteiger partial charge on any atom is -0.357 e. The van der Waals surface area contributed by atoms with Crippen LogP contribution in [0.4, 0.5) is 15.2 Å². The van der Waals surface area contributed by atoms with Gasteiger partial charge in [0.05, 0.1) is 5.25 Å². The van der Waals surface area contributed by atoms with E-state index >= 15 is 0 Å². The molecule has 116 valence electrons. The van der Waals surface area contributed by atoms with E-state index in [9.17, 15) is 9.18 Å². The quantitative estimate of drug-likeness (QED) is 0.598. The van der Waals surface area contributed by atoms with Crippen LogP contribution >= 0.6 is 23.1 Å². The van der Waals surface area contributed by atoms with E-state index in [2.05, 4.69) is 27.4 Å². The van der Waals surface area contributed by atoms with E-state index in [1.54, 1.807) is 13.0 Å². The average Bonchev–Trinajstić information content (AvgIpc) is 2.95. The van der Waals surface area contributed by atoms with E-state index < -0.39 is 0 Å². The number of anilines is 2. The molecule has 0 spiro atoms. The molecule has 1 aromatic heterocycles. The normalized spacial score (nSPS) is 11.7. The third kappa shape index (κ3) is 4.81. The van der Waals surface area contributed by atoms with Gasteiger partial charge < -0.3 is 10.6 Å². The van der Waals surface area contributed by atoms with Crippen molar-refractivity contribution in [1.29, 1.82) is 0 Å². The van der Waals surface area contributed by atoms with Crippen molar-refractivity contribution >= 4 is 39.8 Å². The van der Waals surface area contributed by atoms with Gasteiger partial charge in [-0.3, -0.25) is 4.79 Å². The molecule has 1 aromatic carbocycles. The predicted molar refractivity (Wildman–Crippen MR) is 88.9 cm³/mol. The maximum Gasteiger partial charge on any atom is 0.237 e. The average molecular weight is 338 g/mol. The first kappa shape index (κ1) is 16.4. The predicted octanol–water partition coefficient (Wildman–Crippen LogP) is 3.39. The van der Waals surface area contributed by atoms with Gasteiger partial charge in [-0.25, -0.2) is 4.39 Å². The molecule has 2 aromatic rings. The zero-order valence-corrected chi connectivity index (χ0v) is 13.5. The van der Waals surface area contributed by atoms with Crippen LogP contribution in [0, 0.1) is 5.82 Å². The molecule has 22 heavy (non-hydrogen) atoms. The number of halogens is 1. The van der Waals surface area contributed by atoms with Crippen molar-refractivity contribution in [2.24, 2.45) is 0 Å². The molecule has 2 N–H and O–H groups in total. The van der Waals surface area contributed by atoms with Crippen molar-refractivity contribution in [3.8, 4) is 0 Å². The van der Waals surface area contributed by atoms with Gasteiger partial charge in [-0.15, -0.1) is 16.8 Å². The van der Waals surface area contributed by atoms with Crippen LogP contribution in [0.15, 0.2) is 41.3 Å². The number of benzene rings is 1. The van der Waals surface area contributed by atoms with Crippen molar-refractivity contribution in [3.05, 3.63) is 42.7 Å². The van der Waals surface area contributed by atoms with Gasteiger partial charge >= 0.3 is 0 Å². The number of rotatable bonds is 7. The van der Waals surface area contributed by atoms with Crippen molar-refractivity contribution in [3.63, 3.8) is 0 Å². The van der Waals surface area contributed by atoms with E-state index in [1.165, 1.54) is 47.4 Å². The lowest BCUT2D eigenvalue weighted by atomic mass is 10.3. The number of carbonyl (C=O) groups is 1. The first-order valence-corrected chi connectivity index (χ1v) is 8.19. The van der Waals surface area contributed by atoms with Gasteiger partial charge in [-0.2, -0.15) is 0 Å². The molecule has 1 atom stereocenters. The molecule has 0 bridgehead atoms. The molecule has 0 fully saturated rings. The molecule has 0 saturated carbocycles. The van der Waals surface area contributed by atoms with Gasteiger partial charge in [0.25, 0.3) is 0 Å². The lowest BCUT2D eigenvalue weighted by Crippen LogP contribution is -2.22. The molecule has 0 saturated heterocycles. The maximum absolute atomic E-state index is 12.8. The Bertz CT molecular complexity index is 645. The molecular weight excluding hydrogens is 323 g/mol. The van der Waals surface area contributed by atoms with Gasteiger partial charge in [-0.05, 0) is 31.2 Å². The number of amides is 1. The van der Waals surface area contributed by atoms with Crippen LogP contribution < -0.4 is 10.6 Å². The monoisotopic (exact) mass is 338 g/mol. The topological polar surface area (TPSA) is 66.9 Å². The van der Waals surface area contributed by atoms with Gasteiger partial charge in [0.2, 0.25) is 11.0 Å². The number of hydrogen-bond acceptors (Lipinski definition) is 6. The zero-order valence-electron chi connectivity index (χ0n) is 11.9. The summed E-state index contributed by atoms with van der Waals surface area (Å²) in [5.41, 5.74) is 0.560. The number of nitrogens with one attached hydrogen (secondary N) is 2. The van der Waals surface area contributed by atoms with Crippen LogP contribution in [0.1, 0.15) is 6.92 Å². The fourth-order valence-electron chi connectivity index (χ4n) is 1.47. The van der Waals surface area contributed by atoms with Gasteiger partial charge in [0, 0.05) is 12.2 Å². The molecule has 0 aliphatic heterocycles. The molecular formula is C14H15FN4OS2. The first-order chi connectivity index (χ1) is 10.6. The van der Waals surface area contributed by atoms with Crippen molar-refractivity contribution < 1.29 is 9.18 Å². The molecule has 5 nitrogen and oxygen atoms in total. The third-order valence-electron chi connectivity index (χ3n) is 2.56. The van der Waals surface area contributed by atoms with E-state index in [4.69, 9.17) is 0 Å². The summed E-state index contributed by atoms with van der Waals surface area (Å²) in [5, 5.41) is 14.1. The third-order valence-corrected chi connectivity index (χ3v) is 4.63. The Morgan fingerprint density at radius 1 is 1.45 bits per heavy atom. The minimum atomic E-state index is -0.342. The molecule has 1 heterocycles. The zero-order chi connectivity index (χ0) is 15.9. The van der Waals surface area contributed by atoms with Gasteiger partial charge in [-0.1, -0.05) is 29.2 Å². The van der Waals surface area contributed by atoms with Gasteiger partial charge in [0.1, 0.15) is 5.82 Å². The Hall–Kier alpha value is -1.93. The highest BCUT2D eigenvalue weighted by atomic mass is 32.2. The summed E-state index contributed by atoms with van der Waals surface area (Å²) in [6.07, 6.45) is 1.73. The first-order valence-electron chi connectivity index (χ1n) is 6.50. The molecule has 8 heteroatoms. The van der Waals surface area contributed by atoms with Crippen LogP contribution in [-0.2, 0) is 4.79 Å². The number of aromatic nitrogens is 2. The van der Waals surface area contributed by atoms with Crippen LogP contribution in [0.25, 0.3) is 0 Å². The van der Waals surface area contributed by atoms with Crippen molar-refractivity contribution in [2.45, 2.75) is 16.5 Å². The van der Waals surface area contributed by atoms with E-state index in [1.807, 2.05) is 0 Å². The summed E-state index contributed by atoms with van der Waals surface area (Å²) in [6.45, 7) is 6.00. The molecule has 0 radical (unpaired) electrons. The Labute approximate surface area is 136 Å². The second kappa shape index (κ2) is 7.90. The minimum absolute atomic E-state index is 0.174. The highest BCUT2D eigenvalue weighted by Gasteiger charge is 2.17. The summed E-state index contributed by atoms with van der Waals surface area (Å²) in [7, 11) is 0. The SMILES string of the molecule is C=CCNc1nnc(S[C@H](C)C(=O)Nc2ccc(F)cc2)s1. The smallest absolute Gasteiger partial charge is 0.237 e. The molecule has 0 aliphatic rings. The van der Waals surface area contributed by atoms with E-state index in [-0.39, 0.29) is 17.0 Å². The second-order valence-electron chi connectivity index (χ2n) is 4.30. The van der Waals surface area contributed by atoms with Gasteiger partial charge in [0.15, 0.2) is 4.34 Å². The Morgan fingerprint density at radius 3 is 2.86 bits per heavy atom. The number of hydrogen-bond donors (Lipinski definition) is 2. The highest BCUT2D eigenvalue weighted by molar-refractivity contribution is 8.02. The summed E-state index contributed by atoms with van der Waals surface area (Å²) in [5.74, 6) is -0.513. The van der Waals surface area contributed by atoms with Crippen LogP contribution in [-0.4, -0.2) is 27.9 Å². The fraction of sp³-hybridized carbons (Fsp3) is 0.214. The molecule has 0 unspecified atom stereocenters. The number of thioether (sulfide) groups is 1. The second-order valence-corrected chi connectivity index (χ2v) is 6.86. The van der Waals surface area contributed by atoms with E-state index in [0.717, 1.165) is 0 Å². The number of carbonyl (C=O) groups excluding carboxylic acids is 1. The molecule has 2 rings (SSSR count). The summed E-state index contributed by atoms with van der Waals surface area (Å²) < 4.78 is 13.5. The maximum atomic E-state index is 12.8. The Balaban J connectivity index is 1.89. The Kier molecular flexibility index (Phi) is 5.91. The largest absolute Gasteiger partial charge is 0.357 e. The lowest BCUT2D eigenvalue weighted by molar-refractivity contribution is -0.115. The standard InChI is InChI=1S/C14H15FN4OS2/c1-3-8-16-13-18-19-14(22-13)21-9(2)12(20)17-11-6-4-10(15)5-7-11/h3-7,9H,1,8H2,2H3,(H,16,18)(H,17,20)/t9-/m1/s1. The summed E-state index contributed by atoms with van der Waals surface area (Å²) >= 11 is 2.70. The van der Waals surface area contributed by atoms with Crippen LogP contribution in [0.5, 0.6) is 0 Å². The molecule has 0 aliphatic carbocycles. The number of nitrogens with zero attached hydrogens (tertiary/aromatic N) is 2. The van der Waals surface area contributed by atoms with Crippen LogP contribution in [0.2, 0.25) is 0 Å². The highest BCUT2D eigenvalue weighted by Crippen LogP contribution is 2.29. The summed E-state index contributed by atoms with van der Waals surface area (Å²) in [6, 6.07) is 5.64. The van der Waals surface area contributed by atoms with Crippen LogP contribution in [0.3, 0.4) is 0 Å². The van der Waals surface area contributed by atoms with Crippen molar-refractivity contribution in [1.82, 2.24) is 10.2 Å².